The Kier molecular flexibility index (Phi) is 7.86. The van der Waals surface area contributed by atoms with E-state index >= 15 is 0 Å². The first-order chi connectivity index (χ1) is 11.1. The second-order valence-electron chi connectivity index (χ2n) is 5.51. The molecule has 1 aliphatic heterocycles. The van der Waals surface area contributed by atoms with Crippen molar-refractivity contribution < 1.29 is 60.5 Å². The van der Waals surface area contributed by atoms with Crippen LogP contribution in [0.5, 0.6) is 0 Å². The van der Waals surface area contributed by atoms with Gasteiger partial charge in [-0.15, -0.1) is 0 Å². The van der Waals surface area contributed by atoms with Gasteiger partial charge in [0.1, 0.15) is 42.7 Å². The van der Waals surface area contributed by atoms with Gasteiger partial charge in [-0.2, -0.15) is 0 Å². The SMILES string of the molecule is OC[C@H](O)[C@@H](O)[C@H](O)[C@H](O)COC1(O)O[C@H](CO)[C@@H](O)[C@H](O)[C@H]1O. The Balaban J connectivity index is 2.70. The van der Waals surface area contributed by atoms with Crippen LogP contribution in [0.2, 0.25) is 0 Å². The number of rotatable bonds is 8. The zero-order chi connectivity index (χ0) is 18.7. The van der Waals surface area contributed by atoms with Crippen LogP contribution in [0.4, 0.5) is 0 Å². The van der Waals surface area contributed by atoms with Gasteiger partial charge in [0.15, 0.2) is 6.10 Å². The van der Waals surface area contributed by atoms with Gasteiger partial charge in [0.2, 0.25) is 0 Å². The fourth-order valence-electron chi connectivity index (χ4n) is 2.11. The van der Waals surface area contributed by atoms with Crippen molar-refractivity contribution in [2.75, 3.05) is 19.8 Å². The minimum atomic E-state index is -2.92. The van der Waals surface area contributed by atoms with Crippen LogP contribution >= 0.6 is 0 Å². The number of ether oxygens (including phenoxy) is 2. The van der Waals surface area contributed by atoms with Gasteiger partial charge in [0.25, 0.3) is 0 Å². The first kappa shape index (κ1) is 21.6. The topological polar surface area (TPSA) is 221 Å². The van der Waals surface area contributed by atoms with Crippen LogP contribution in [-0.4, -0.2) is 126 Å². The van der Waals surface area contributed by atoms with Crippen molar-refractivity contribution in [2.45, 2.75) is 54.8 Å². The number of aliphatic hydroxyl groups excluding tert-OH is 9. The predicted molar refractivity (Wildman–Crippen MR) is 72.0 cm³/mol. The summed E-state index contributed by atoms with van der Waals surface area (Å²) in [6.07, 6.45) is -14.9. The molecule has 0 aromatic carbocycles. The highest BCUT2D eigenvalue weighted by molar-refractivity contribution is 4.92. The van der Waals surface area contributed by atoms with Crippen molar-refractivity contribution in [3.8, 4) is 0 Å². The average Bonchev–Trinajstić information content (AvgIpc) is 2.59. The van der Waals surface area contributed by atoms with Crippen LogP contribution in [0.3, 0.4) is 0 Å². The molecule has 0 radical (unpaired) electrons. The third-order valence-electron chi connectivity index (χ3n) is 3.71. The molecule has 0 saturated carbocycles. The van der Waals surface area contributed by atoms with Crippen LogP contribution in [0.15, 0.2) is 0 Å². The highest BCUT2D eigenvalue weighted by Crippen LogP contribution is 2.29. The Morgan fingerprint density at radius 3 is 1.96 bits per heavy atom. The summed E-state index contributed by atoms with van der Waals surface area (Å²) in [6.45, 7) is -2.66. The summed E-state index contributed by atoms with van der Waals surface area (Å²) in [5, 5.41) is 94.4. The van der Waals surface area contributed by atoms with Crippen molar-refractivity contribution in [3.05, 3.63) is 0 Å². The van der Waals surface area contributed by atoms with Gasteiger partial charge in [-0.3, -0.25) is 0 Å². The second kappa shape index (κ2) is 8.75. The lowest BCUT2D eigenvalue weighted by molar-refractivity contribution is -0.451. The number of aliphatic hydroxyl groups is 10. The molecule has 0 aromatic heterocycles. The molecule has 0 aromatic rings. The molecule has 9 atom stereocenters. The fraction of sp³-hybridized carbons (Fsp3) is 1.00. The van der Waals surface area contributed by atoms with Crippen LogP contribution < -0.4 is 0 Å². The highest BCUT2D eigenvalue weighted by Gasteiger charge is 2.54. The monoisotopic (exact) mass is 360 g/mol. The molecule has 1 saturated heterocycles. The molecular weight excluding hydrogens is 336 g/mol. The van der Waals surface area contributed by atoms with Gasteiger partial charge in [-0.25, -0.2) is 0 Å². The van der Waals surface area contributed by atoms with Crippen LogP contribution in [0.25, 0.3) is 0 Å². The van der Waals surface area contributed by atoms with E-state index in [2.05, 4.69) is 0 Å². The van der Waals surface area contributed by atoms with Crippen molar-refractivity contribution in [3.63, 3.8) is 0 Å². The van der Waals surface area contributed by atoms with E-state index in [4.69, 9.17) is 19.7 Å². The Bertz CT molecular complexity index is 381. The summed E-state index contributed by atoms with van der Waals surface area (Å²) in [5.74, 6) is -2.92. The summed E-state index contributed by atoms with van der Waals surface area (Å²) in [4.78, 5) is 0. The van der Waals surface area contributed by atoms with E-state index in [1.54, 1.807) is 0 Å². The minimum Gasteiger partial charge on any atom is -0.394 e. The molecule has 0 spiro atoms. The molecule has 1 fully saturated rings. The van der Waals surface area contributed by atoms with E-state index in [9.17, 15) is 40.9 Å². The molecule has 1 heterocycles. The van der Waals surface area contributed by atoms with Crippen molar-refractivity contribution in [1.29, 1.82) is 0 Å². The molecule has 12 nitrogen and oxygen atoms in total. The maximum Gasteiger partial charge on any atom is 0.311 e. The van der Waals surface area contributed by atoms with E-state index in [1.807, 2.05) is 0 Å². The minimum absolute atomic E-state index is 0.830. The van der Waals surface area contributed by atoms with Gasteiger partial charge in [-0.05, 0) is 0 Å². The smallest absolute Gasteiger partial charge is 0.311 e. The zero-order valence-electron chi connectivity index (χ0n) is 12.5. The summed E-state index contributed by atoms with van der Waals surface area (Å²) < 4.78 is 9.47. The standard InChI is InChI=1S/C12H24O12/c13-1-4(15)7(17)8(18)5(16)3-23-12(22)11(21)10(20)9(19)6(2-14)24-12/h4-11,13-22H,1-3H2/t4-,5+,6+,7+,8+,9+,10-,11+,12?/m0/s1. The fourth-order valence-corrected chi connectivity index (χ4v) is 2.11. The predicted octanol–water partition coefficient (Wildman–Crippen LogP) is -6.44. The summed E-state index contributed by atoms with van der Waals surface area (Å²) >= 11 is 0. The molecule has 1 aliphatic rings. The van der Waals surface area contributed by atoms with E-state index in [0.717, 1.165) is 0 Å². The molecule has 12 heteroatoms. The molecule has 1 rings (SSSR count). The van der Waals surface area contributed by atoms with Gasteiger partial charge < -0.3 is 60.5 Å². The summed E-state index contributed by atoms with van der Waals surface area (Å²) in [6, 6.07) is 0. The molecule has 1 unspecified atom stereocenters. The van der Waals surface area contributed by atoms with Crippen LogP contribution in [-0.2, 0) is 9.47 Å². The largest absolute Gasteiger partial charge is 0.394 e. The summed E-state index contributed by atoms with van der Waals surface area (Å²) in [7, 11) is 0. The van der Waals surface area contributed by atoms with Gasteiger partial charge in [-0.1, -0.05) is 0 Å². The average molecular weight is 360 g/mol. The molecule has 0 amide bonds. The van der Waals surface area contributed by atoms with E-state index < -0.39 is 74.6 Å². The highest BCUT2D eigenvalue weighted by atomic mass is 16.8. The van der Waals surface area contributed by atoms with Gasteiger partial charge in [0, 0.05) is 0 Å². The van der Waals surface area contributed by atoms with Crippen LogP contribution in [0.1, 0.15) is 0 Å². The lowest BCUT2D eigenvalue weighted by Gasteiger charge is -2.44. The quantitative estimate of drug-likeness (QED) is 0.183. The van der Waals surface area contributed by atoms with Crippen molar-refractivity contribution in [1.82, 2.24) is 0 Å². The normalized spacial score (nSPS) is 39.2. The Labute approximate surface area is 136 Å². The zero-order valence-corrected chi connectivity index (χ0v) is 12.5. The Morgan fingerprint density at radius 2 is 1.46 bits per heavy atom. The van der Waals surface area contributed by atoms with Crippen molar-refractivity contribution in [2.24, 2.45) is 0 Å². The Hall–Kier alpha value is -0.480. The molecule has 144 valence electrons. The van der Waals surface area contributed by atoms with Crippen molar-refractivity contribution >= 4 is 0 Å². The Morgan fingerprint density at radius 1 is 0.917 bits per heavy atom. The van der Waals surface area contributed by atoms with E-state index in [-0.39, 0.29) is 0 Å². The summed E-state index contributed by atoms with van der Waals surface area (Å²) in [5.41, 5.74) is 0. The molecule has 10 N–H and O–H groups in total. The molecule has 24 heavy (non-hydrogen) atoms. The van der Waals surface area contributed by atoms with E-state index in [1.165, 1.54) is 0 Å². The molecule has 0 aliphatic carbocycles. The van der Waals surface area contributed by atoms with E-state index in [0.29, 0.717) is 0 Å². The number of hydrogen-bond acceptors (Lipinski definition) is 12. The van der Waals surface area contributed by atoms with Gasteiger partial charge in [0.05, 0.1) is 19.8 Å². The lowest BCUT2D eigenvalue weighted by atomic mass is 9.97. The maximum absolute atomic E-state index is 10.0. The lowest BCUT2D eigenvalue weighted by Crippen LogP contribution is -2.66. The number of hydrogen-bond donors (Lipinski definition) is 10. The maximum atomic E-state index is 10.0. The first-order valence-electron chi connectivity index (χ1n) is 7.11. The third-order valence-corrected chi connectivity index (χ3v) is 3.71. The molecule has 0 bridgehead atoms. The van der Waals surface area contributed by atoms with Gasteiger partial charge >= 0.3 is 5.97 Å². The third kappa shape index (κ3) is 4.57. The first-order valence-corrected chi connectivity index (χ1v) is 7.11. The molecular formula is C12H24O12. The van der Waals surface area contributed by atoms with Crippen LogP contribution in [0, 0.1) is 0 Å². The second-order valence-corrected chi connectivity index (χ2v) is 5.51.